The van der Waals surface area contributed by atoms with Crippen LogP contribution >= 0.6 is 34.8 Å². The predicted octanol–water partition coefficient (Wildman–Crippen LogP) is 7.87. The molecule has 0 bridgehead atoms. The number of unbranched alkanes of at least 4 members (excludes halogenated alkanes) is 2. The van der Waals surface area contributed by atoms with E-state index in [0.717, 1.165) is 36.4 Å². The fraction of sp³-hybridized carbons (Fsp3) is 0.480. The van der Waals surface area contributed by atoms with Crippen molar-refractivity contribution < 1.29 is 4.74 Å². The molecule has 7 heteroatoms. The van der Waals surface area contributed by atoms with E-state index in [1.54, 1.807) is 18.2 Å². The Bertz CT molecular complexity index is 998. The molecule has 3 rings (SSSR count). The van der Waals surface area contributed by atoms with Gasteiger partial charge in [-0.25, -0.2) is 4.98 Å². The van der Waals surface area contributed by atoms with Crippen molar-refractivity contribution in [2.24, 2.45) is 0 Å². The number of fused-ring (bicyclic) bond motifs is 1. The lowest BCUT2D eigenvalue weighted by Gasteiger charge is -2.22. The van der Waals surface area contributed by atoms with E-state index in [1.807, 2.05) is 18.2 Å². The molecule has 0 N–H and O–H groups in total. The normalized spacial score (nSPS) is 11.6. The van der Waals surface area contributed by atoms with Gasteiger partial charge in [0.1, 0.15) is 18.2 Å². The Morgan fingerprint density at radius 3 is 2.22 bits per heavy atom. The summed E-state index contributed by atoms with van der Waals surface area (Å²) in [5, 5.41) is 1.76. The minimum absolute atomic E-state index is 0.322. The van der Waals surface area contributed by atoms with E-state index in [4.69, 9.17) is 44.5 Å². The van der Waals surface area contributed by atoms with Crippen LogP contribution in [0.5, 0.6) is 5.75 Å². The van der Waals surface area contributed by atoms with E-state index in [2.05, 4.69) is 23.3 Å². The van der Waals surface area contributed by atoms with Crippen molar-refractivity contribution in [2.45, 2.75) is 59.1 Å². The summed E-state index contributed by atoms with van der Waals surface area (Å²) >= 11 is 18.5. The van der Waals surface area contributed by atoms with Crippen molar-refractivity contribution in [3.8, 4) is 5.75 Å². The summed E-state index contributed by atoms with van der Waals surface area (Å²) in [7, 11) is 0. The first kappa shape index (κ1) is 25.2. The van der Waals surface area contributed by atoms with Crippen molar-refractivity contribution in [1.82, 2.24) is 14.5 Å². The number of rotatable bonds is 13. The lowest BCUT2D eigenvalue weighted by atomic mass is 10.2. The summed E-state index contributed by atoms with van der Waals surface area (Å²) in [6, 6.07) is 11.1. The summed E-state index contributed by atoms with van der Waals surface area (Å²) in [4.78, 5) is 7.39. The molecule has 0 spiro atoms. The van der Waals surface area contributed by atoms with Gasteiger partial charge >= 0.3 is 0 Å². The summed E-state index contributed by atoms with van der Waals surface area (Å²) in [5.41, 5.74) is 1.95. The summed E-state index contributed by atoms with van der Waals surface area (Å²) in [6.07, 6.45) is 6.00. The summed E-state index contributed by atoms with van der Waals surface area (Å²) in [5.74, 6) is 1.46. The highest BCUT2D eigenvalue weighted by atomic mass is 35.5. The maximum Gasteiger partial charge on any atom is 0.148 e. The zero-order chi connectivity index (χ0) is 22.9. The lowest BCUT2D eigenvalue weighted by molar-refractivity contribution is 0.254. The highest BCUT2D eigenvalue weighted by molar-refractivity contribution is 6.35. The van der Waals surface area contributed by atoms with Crippen LogP contribution in [0.15, 0.2) is 36.4 Å². The molecule has 1 heterocycles. The van der Waals surface area contributed by atoms with Gasteiger partial charge in [-0.3, -0.25) is 0 Å². The third kappa shape index (κ3) is 7.02. The van der Waals surface area contributed by atoms with E-state index in [-0.39, 0.29) is 0 Å². The second kappa shape index (κ2) is 12.7. The molecule has 1 aromatic heterocycles. The molecule has 0 saturated carbocycles. The molecule has 2 aromatic carbocycles. The van der Waals surface area contributed by atoms with E-state index >= 15 is 0 Å². The van der Waals surface area contributed by atoms with Gasteiger partial charge in [-0.2, -0.15) is 0 Å². The van der Waals surface area contributed by atoms with Gasteiger partial charge in [0.25, 0.3) is 0 Å². The number of nitrogens with zero attached hydrogens (tertiary/aromatic N) is 3. The quantitative estimate of drug-likeness (QED) is 0.241. The van der Waals surface area contributed by atoms with Crippen molar-refractivity contribution >= 4 is 45.8 Å². The van der Waals surface area contributed by atoms with Crippen LogP contribution in [0.4, 0.5) is 0 Å². The number of ether oxygens (including phenoxy) is 1. The molecule has 32 heavy (non-hydrogen) atoms. The topological polar surface area (TPSA) is 30.3 Å². The summed E-state index contributed by atoms with van der Waals surface area (Å²) in [6.45, 7) is 9.11. The molecule has 0 saturated heterocycles. The molecule has 4 nitrogen and oxygen atoms in total. The molecule has 0 radical (unpaired) electrons. The molecular weight excluding hydrogens is 465 g/mol. The van der Waals surface area contributed by atoms with Crippen molar-refractivity contribution in [3.05, 3.63) is 57.3 Å². The molecule has 0 atom stereocenters. The minimum Gasteiger partial charge on any atom is -0.484 e. The van der Waals surface area contributed by atoms with Crippen LogP contribution in [0.2, 0.25) is 15.1 Å². The number of hydrogen-bond donors (Lipinski definition) is 0. The second-order valence-electron chi connectivity index (χ2n) is 8.08. The van der Waals surface area contributed by atoms with Crippen molar-refractivity contribution in [1.29, 1.82) is 0 Å². The smallest absolute Gasteiger partial charge is 0.148 e. The molecular formula is C25H32Cl3N3O. The lowest BCUT2D eigenvalue weighted by Crippen LogP contribution is -2.28. The molecule has 0 fully saturated rings. The maximum atomic E-state index is 6.28. The molecule has 0 amide bonds. The Morgan fingerprint density at radius 1 is 0.875 bits per heavy atom. The third-order valence-corrected chi connectivity index (χ3v) is 6.32. The first-order chi connectivity index (χ1) is 15.5. The fourth-order valence-electron chi connectivity index (χ4n) is 3.80. The first-order valence-electron chi connectivity index (χ1n) is 11.5. The van der Waals surface area contributed by atoms with Crippen molar-refractivity contribution in [2.75, 3.05) is 19.6 Å². The van der Waals surface area contributed by atoms with Crippen LogP contribution in [0.1, 0.15) is 51.8 Å². The van der Waals surface area contributed by atoms with E-state index < -0.39 is 0 Å². The molecule has 3 aromatic rings. The highest BCUT2D eigenvalue weighted by Gasteiger charge is 2.14. The zero-order valence-electron chi connectivity index (χ0n) is 18.9. The van der Waals surface area contributed by atoms with Gasteiger partial charge in [0.15, 0.2) is 0 Å². The summed E-state index contributed by atoms with van der Waals surface area (Å²) < 4.78 is 8.24. The monoisotopic (exact) mass is 495 g/mol. The van der Waals surface area contributed by atoms with E-state index in [1.165, 1.54) is 38.8 Å². The number of aromatic nitrogens is 2. The molecule has 0 aliphatic heterocycles. The largest absolute Gasteiger partial charge is 0.484 e. The van der Waals surface area contributed by atoms with Crippen LogP contribution in [0.25, 0.3) is 11.0 Å². The molecule has 0 unspecified atom stereocenters. The Balaban J connectivity index is 1.73. The van der Waals surface area contributed by atoms with Gasteiger partial charge in [-0.15, -0.1) is 0 Å². The van der Waals surface area contributed by atoms with E-state index in [0.29, 0.717) is 27.4 Å². The zero-order valence-corrected chi connectivity index (χ0v) is 21.2. The second-order valence-corrected chi connectivity index (χ2v) is 9.36. The number of benzene rings is 2. The Labute approximate surface area is 206 Å². The number of imidazole rings is 1. The van der Waals surface area contributed by atoms with Crippen LogP contribution < -0.4 is 4.74 Å². The van der Waals surface area contributed by atoms with Crippen molar-refractivity contribution in [3.63, 3.8) is 0 Å². The highest BCUT2D eigenvalue weighted by Crippen LogP contribution is 2.29. The SMILES string of the molecule is CCCCN(CCCC)CCCn1c(COc2ccc(Cl)cc2Cl)nc2cc(Cl)ccc21. The number of halogens is 3. The molecule has 0 aliphatic carbocycles. The van der Waals surface area contributed by atoms with Crippen LogP contribution in [-0.4, -0.2) is 34.1 Å². The Hall–Kier alpha value is -1.46. The molecule has 174 valence electrons. The average Bonchev–Trinajstić information content (AvgIpc) is 3.11. The van der Waals surface area contributed by atoms with Gasteiger partial charge in [0.2, 0.25) is 0 Å². The standard InChI is InChI=1S/C25H32Cl3N3O/c1-3-5-12-30(13-6-4-2)14-7-15-31-23-10-8-20(27)17-22(23)29-25(31)18-32-24-11-9-19(26)16-21(24)28/h8-11,16-17H,3-7,12-15,18H2,1-2H3. The third-order valence-electron chi connectivity index (χ3n) is 5.55. The number of hydrogen-bond acceptors (Lipinski definition) is 3. The Morgan fingerprint density at radius 2 is 1.53 bits per heavy atom. The number of aryl methyl sites for hydroxylation is 1. The van der Waals surface area contributed by atoms with Gasteiger partial charge < -0.3 is 14.2 Å². The van der Waals surface area contributed by atoms with Gasteiger partial charge in [0, 0.05) is 16.6 Å². The predicted molar refractivity (Wildman–Crippen MR) is 136 cm³/mol. The van der Waals surface area contributed by atoms with Crippen LogP contribution in [0, 0.1) is 0 Å². The fourth-order valence-corrected chi connectivity index (χ4v) is 4.43. The van der Waals surface area contributed by atoms with Gasteiger partial charge in [-0.05, 0) is 75.3 Å². The van der Waals surface area contributed by atoms with Crippen LogP contribution in [-0.2, 0) is 13.2 Å². The Kier molecular flexibility index (Phi) is 9.98. The van der Waals surface area contributed by atoms with Gasteiger partial charge in [-0.1, -0.05) is 61.5 Å². The average molecular weight is 497 g/mol. The molecule has 0 aliphatic rings. The van der Waals surface area contributed by atoms with E-state index in [9.17, 15) is 0 Å². The maximum absolute atomic E-state index is 6.28. The van der Waals surface area contributed by atoms with Gasteiger partial charge in [0.05, 0.1) is 16.1 Å². The minimum atomic E-state index is 0.322. The first-order valence-corrected chi connectivity index (χ1v) is 12.6. The van der Waals surface area contributed by atoms with Crippen LogP contribution in [0.3, 0.4) is 0 Å².